The summed E-state index contributed by atoms with van der Waals surface area (Å²) in [7, 11) is 0. The minimum absolute atomic E-state index is 0.0221. The number of anilines is 1. The highest BCUT2D eigenvalue weighted by atomic mass is 19.4. The SMILES string of the molecule is Cc1cc(C)c(NC(=CC2=NC(c3ccccc3)CO2)C(F)(F)F)c(C)c1. The molecule has 142 valence electrons. The van der Waals surface area contributed by atoms with Gasteiger partial charge in [-0.2, -0.15) is 13.2 Å². The van der Waals surface area contributed by atoms with Crippen molar-refractivity contribution in [1.82, 2.24) is 0 Å². The Morgan fingerprint density at radius 2 is 1.74 bits per heavy atom. The lowest BCUT2D eigenvalue weighted by molar-refractivity contribution is -0.0902. The molecule has 1 atom stereocenters. The Kier molecular flexibility index (Phi) is 5.26. The summed E-state index contributed by atoms with van der Waals surface area (Å²) in [6, 6.07) is 12.8. The van der Waals surface area contributed by atoms with E-state index in [0.29, 0.717) is 5.69 Å². The van der Waals surface area contributed by atoms with Gasteiger partial charge in [0.25, 0.3) is 0 Å². The Hall–Kier alpha value is -2.76. The second kappa shape index (κ2) is 7.47. The standard InChI is InChI=1S/C21H21F3N2O/c1-13-9-14(2)20(15(3)10-13)26-18(21(22,23)24)11-19-25-17(12-27-19)16-7-5-4-6-8-16/h4-11,17,26H,12H2,1-3H3. The van der Waals surface area contributed by atoms with E-state index >= 15 is 0 Å². The highest BCUT2D eigenvalue weighted by molar-refractivity contribution is 5.90. The van der Waals surface area contributed by atoms with Crippen LogP contribution in [0.3, 0.4) is 0 Å². The molecule has 0 aromatic heterocycles. The first-order chi connectivity index (χ1) is 12.7. The second-order valence-corrected chi connectivity index (χ2v) is 6.66. The van der Waals surface area contributed by atoms with Crippen LogP contribution < -0.4 is 5.32 Å². The van der Waals surface area contributed by atoms with Gasteiger partial charge in [-0.3, -0.25) is 0 Å². The zero-order chi connectivity index (χ0) is 19.6. The normalized spacial score (nSPS) is 17.5. The zero-order valence-electron chi connectivity index (χ0n) is 15.4. The van der Waals surface area contributed by atoms with Gasteiger partial charge in [-0.1, -0.05) is 48.0 Å². The van der Waals surface area contributed by atoms with E-state index in [4.69, 9.17) is 4.74 Å². The summed E-state index contributed by atoms with van der Waals surface area (Å²) in [5, 5.41) is 2.54. The summed E-state index contributed by atoms with van der Waals surface area (Å²) < 4.78 is 46.1. The Labute approximate surface area is 156 Å². The van der Waals surface area contributed by atoms with Crippen LogP contribution in [0, 0.1) is 20.8 Å². The number of ether oxygens (including phenoxy) is 1. The summed E-state index contributed by atoms with van der Waals surface area (Å²) in [5.41, 5.74) is 2.96. The van der Waals surface area contributed by atoms with E-state index in [1.807, 2.05) is 49.4 Å². The number of aliphatic imine (C=N–C) groups is 1. The van der Waals surface area contributed by atoms with Crippen molar-refractivity contribution in [2.75, 3.05) is 11.9 Å². The summed E-state index contributed by atoms with van der Waals surface area (Å²) in [4.78, 5) is 4.29. The minimum Gasteiger partial charge on any atom is -0.475 e. The van der Waals surface area contributed by atoms with E-state index in [2.05, 4.69) is 10.3 Å². The molecule has 6 heteroatoms. The van der Waals surface area contributed by atoms with Crippen molar-refractivity contribution in [2.45, 2.75) is 33.0 Å². The third kappa shape index (κ3) is 4.51. The molecule has 1 aliphatic rings. The molecule has 27 heavy (non-hydrogen) atoms. The molecule has 0 fully saturated rings. The van der Waals surface area contributed by atoms with Gasteiger partial charge in [0.05, 0.1) is 0 Å². The highest BCUT2D eigenvalue weighted by Crippen LogP contribution is 2.32. The smallest absolute Gasteiger partial charge is 0.431 e. The van der Waals surface area contributed by atoms with Crippen LogP contribution in [0.5, 0.6) is 0 Å². The number of alkyl halides is 3. The molecule has 3 rings (SSSR count). The highest BCUT2D eigenvalue weighted by Gasteiger charge is 2.36. The molecule has 1 unspecified atom stereocenters. The third-order valence-corrected chi connectivity index (χ3v) is 4.37. The maximum absolute atomic E-state index is 13.6. The molecular weight excluding hydrogens is 353 g/mol. The number of benzene rings is 2. The molecule has 1 aliphatic heterocycles. The van der Waals surface area contributed by atoms with Gasteiger partial charge >= 0.3 is 6.18 Å². The van der Waals surface area contributed by atoms with Crippen molar-refractivity contribution in [1.29, 1.82) is 0 Å². The predicted molar refractivity (Wildman–Crippen MR) is 101 cm³/mol. The molecular formula is C21H21F3N2O. The Morgan fingerprint density at radius 3 is 2.33 bits per heavy atom. The lowest BCUT2D eigenvalue weighted by atomic mass is 10.0. The molecule has 1 heterocycles. The van der Waals surface area contributed by atoms with Crippen molar-refractivity contribution in [2.24, 2.45) is 4.99 Å². The molecule has 1 N–H and O–H groups in total. The first-order valence-corrected chi connectivity index (χ1v) is 8.63. The van der Waals surface area contributed by atoms with Crippen molar-refractivity contribution in [3.63, 3.8) is 0 Å². The molecule has 0 amide bonds. The van der Waals surface area contributed by atoms with E-state index in [9.17, 15) is 13.2 Å². The van der Waals surface area contributed by atoms with Crippen LogP contribution in [0.25, 0.3) is 0 Å². The number of nitrogens with one attached hydrogen (secondary N) is 1. The fourth-order valence-corrected chi connectivity index (χ4v) is 3.14. The van der Waals surface area contributed by atoms with E-state index in [-0.39, 0.29) is 18.5 Å². The van der Waals surface area contributed by atoms with Gasteiger partial charge in [0.2, 0.25) is 5.90 Å². The number of rotatable bonds is 4. The van der Waals surface area contributed by atoms with Crippen molar-refractivity contribution in [3.8, 4) is 0 Å². The number of nitrogens with zero attached hydrogens (tertiary/aromatic N) is 1. The van der Waals surface area contributed by atoms with Crippen LogP contribution >= 0.6 is 0 Å². The third-order valence-electron chi connectivity index (χ3n) is 4.37. The van der Waals surface area contributed by atoms with Crippen molar-refractivity contribution >= 4 is 11.6 Å². The predicted octanol–water partition coefficient (Wildman–Crippen LogP) is 5.64. The van der Waals surface area contributed by atoms with E-state index in [1.54, 1.807) is 13.8 Å². The van der Waals surface area contributed by atoms with Crippen LogP contribution in [0.1, 0.15) is 28.3 Å². The summed E-state index contributed by atoms with van der Waals surface area (Å²) in [6.45, 7) is 5.70. The van der Waals surface area contributed by atoms with E-state index in [1.165, 1.54) is 0 Å². The maximum atomic E-state index is 13.6. The Morgan fingerprint density at radius 1 is 1.11 bits per heavy atom. The Balaban J connectivity index is 1.90. The van der Waals surface area contributed by atoms with Gasteiger partial charge in [0.15, 0.2) is 0 Å². The molecule has 0 saturated carbocycles. The molecule has 0 saturated heterocycles. The molecule has 0 radical (unpaired) electrons. The fourth-order valence-electron chi connectivity index (χ4n) is 3.14. The van der Waals surface area contributed by atoms with Crippen LogP contribution in [-0.2, 0) is 4.74 Å². The minimum atomic E-state index is -4.56. The molecule has 0 bridgehead atoms. The fraction of sp³-hybridized carbons (Fsp3) is 0.286. The molecule has 2 aromatic rings. The maximum Gasteiger partial charge on any atom is 0.431 e. The zero-order valence-corrected chi connectivity index (χ0v) is 15.4. The molecule has 3 nitrogen and oxygen atoms in total. The lowest BCUT2D eigenvalue weighted by Gasteiger charge is -2.18. The average Bonchev–Trinajstić information content (AvgIpc) is 3.05. The number of aryl methyl sites for hydroxylation is 3. The number of hydrogen-bond donors (Lipinski definition) is 1. The van der Waals surface area contributed by atoms with Crippen molar-refractivity contribution in [3.05, 3.63) is 76.5 Å². The van der Waals surface area contributed by atoms with Gasteiger partial charge in [0, 0.05) is 11.8 Å². The molecule has 2 aromatic carbocycles. The topological polar surface area (TPSA) is 33.6 Å². The van der Waals surface area contributed by atoms with Gasteiger partial charge in [-0.25, -0.2) is 4.99 Å². The molecule has 0 aliphatic carbocycles. The van der Waals surface area contributed by atoms with Gasteiger partial charge in [-0.05, 0) is 37.5 Å². The number of halogens is 3. The number of hydrogen-bond acceptors (Lipinski definition) is 3. The van der Waals surface area contributed by atoms with Crippen LogP contribution in [0.4, 0.5) is 18.9 Å². The van der Waals surface area contributed by atoms with Gasteiger partial charge in [0.1, 0.15) is 18.3 Å². The van der Waals surface area contributed by atoms with Crippen LogP contribution in [0.2, 0.25) is 0 Å². The van der Waals surface area contributed by atoms with Crippen molar-refractivity contribution < 1.29 is 17.9 Å². The monoisotopic (exact) mass is 374 g/mol. The van der Waals surface area contributed by atoms with E-state index in [0.717, 1.165) is 28.3 Å². The van der Waals surface area contributed by atoms with Gasteiger partial charge < -0.3 is 10.1 Å². The first kappa shape index (κ1) is 19.0. The second-order valence-electron chi connectivity index (χ2n) is 6.66. The van der Waals surface area contributed by atoms with Gasteiger partial charge in [-0.15, -0.1) is 0 Å². The quantitative estimate of drug-likeness (QED) is 0.751. The summed E-state index contributed by atoms with van der Waals surface area (Å²) >= 11 is 0. The lowest BCUT2D eigenvalue weighted by Crippen LogP contribution is -2.21. The average molecular weight is 374 g/mol. The Bertz CT molecular complexity index is 863. The number of allylic oxidation sites excluding steroid dienone is 1. The first-order valence-electron chi connectivity index (χ1n) is 8.63. The largest absolute Gasteiger partial charge is 0.475 e. The van der Waals surface area contributed by atoms with Crippen LogP contribution in [-0.4, -0.2) is 18.7 Å². The molecule has 0 spiro atoms. The summed E-state index contributed by atoms with van der Waals surface area (Å²) in [6.07, 6.45) is -3.62. The van der Waals surface area contributed by atoms with E-state index < -0.39 is 11.9 Å². The van der Waals surface area contributed by atoms with Crippen LogP contribution in [0.15, 0.2) is 59.2 Å². The summed E-state index contributed by atoms with van der Waals surface area (Å²) in [5.74, 6) is -0.0221.